The summed E-state index contributed by atoms with van der Waals surface area (Å²) in [5.74, 6) is -2.63. The highest BCUT2D eigenvalue weighted by molar-refractivity contribution is 5.74. The standard InChI is InChI=1S/C18H31NO9/c1-6-10-12(21)7(2)11(19-9(4)20)18(26-10)27-14-13(22)8(3)17(25-5)28-15(14)16(23)24/h7-8,10-15,17-18,21-22H,6H2,1-5H3,(H,19,20)(H,23,24)/t7-,8?,10?,11?,12+,13-,14+,15?,17-,18+/m1/s1. The molecule has 0 aromatic carbocycles. The summed E-state index contributed by atoms with van der Waals surface area (Å²) in [6, 6.07) is -0.729. The number of nitrogens with one attached hydrogen (secondary N) is 1. The van der Waals surface area contributed by atoms with E-state index in [2.05, 4.69) is 5.32 Å². The van der Waals surface area contributed by atoms with Crippen molar-refractivity contribution in [2.75, 3.05) is 7.11 Å². The Balaban J connectivity index is 2.28. The van der Waals surface area contributed by atoms with Gasteiger partial charge < -0.3 is 39.6 Å². The fraction of sp³-hybridized carbons (Fsp3) is 0.889. The van der Waals surface area contributed by atoms with E-state index in [1.165, 1.54) is 14.0 Å². The molecule has 2 rings (SSSR count). The van der Waals surface area contributed by atoms with E-state index >= 15 is 0 Å². The zero-order valence-corrected chi connectivity index (χ0v) is 16.8. The fourth-order valence-electron chi connectivity index (χ4n) is 3.79. The van der Waals surface area contributed by atoms with Gasteiger partial charge in [0.2, 0.25) is 5.91 Å². The van der Waals surface area contributed by atoms with Gasteiger partial charge in [0.15, 0.2) is 18.7 Å². The summed E-state index contributed by atoms with van der Waals surface area (Å²) in [6.07, 6.45) is -6.81. The van der Waals surface area contributed by atoms with E-state index in [0.717, 1.165) is 0 Å². The molecule has 0 aromatic heterocycles. The van der Waals surface area contributed by atoms with Gasteiger partial charge in [0.05, 0.1) is 24.4 Å². The van der Waals surface area contributed by atoms with Crippen LogP contribution in [0, 0.1) is 11.8 Å². The number of aliphatic hydroxyl groups is 2. The minimum absolute atomic E-state index is 0.348. The van der Waals surface area contributed by atoms with Crippen LogP contribution in [0.15, 0.2) is 0 Å². The van der Waals surface area contributed by atoms with Crippen LogP contribution in [0.1, 0.15) is 34.1 Å². The summed E-state index contributed by atoms with van der Waals surface area (Å²) in [7, 11) is 1.36. The molecule has 2 aliphatic rings. The lowest BCUT2D eigenvalue weighted by molar-refractivity contribution is -0.324. The number of amides is 1. The van der Waals surface area contributed by atoms with Crippen LogP contribution >= 0.6 is 0 Å². The summed E-state index contributed by atoms with van der Waals surface area (Å²) in [5.41, 5.74) is 0. The van der Waals surface area contributed by atoms with Crippen molar-refractivity contribution in [2.24, 2.45) is 11.8 Å². The highest BCUT2D eigenvalue weighted by Crippen LogP contribution is 2.34. The number of rotatable bonds is 6. The SMILES string of the molecule is CCC1O[C@@H](O[C@@H]2C(C(=O)O)O[C@@H](OC)C(C)[C@H]2O)C(NC(C)=O)[C@@H](C)[C@@H]1O. The molecular weight excluding hydrogens is 374 g/mol. The van der Waals surface area contributed by atoms with Gasteiger partial charge in [-0.15, -0.1) is 0 Å². The number of ether oxygens (including phenoxy) is 4. The molecule has 0 radical (unpaired) electrons. The third-order valence-corrected chi connectivity index (χ3v) is 5.51. The first-order chi connectivity index (χ1) is 13.1. The van der Waals surface area contributed by atoms with Crippen LogP contribution in [-0.4, -0.2) is 83.4 Å². The molecule has 2 aliphatic heterocycles. The van der Waals surface area contributed by atoms with Gasteiger partial charge in [-0.05, 0) is 6.42 Å². The molecule has 1 amide bonds. The first kappa shape index (κ1) is 23.0. The first-order valence-electron chi connectivity index (χ1n) is 9.47. The molecule has 10 heteroatoms. The van der Waals surface area contributed by atoms with Crippen LogP contribution in [-0.2, 0) is 28.5 Å². The van der Waals surface area contributed by atoms with Gasteiger partial charge in [-0.1, -0.05) is 20.8 Å². The number of aliphatic hydroxyl groups excluding tert-OH is 2. The summed E-state index contributed by atoms with van der Waals surface area (Å²) >= 11 is 0. The number of carboxylic acids is 1. The van der Waals surface area contributed by atoms with Gasteiger partial charge in [-0.25, -0.2) is 4.79 Å². The Morgan fingerprint density at radius 3 is 2.21 bits per heavy atom. The number of methoxy groups -OCH3 is 1. The number of aliphatic carboxylic acids is 1. The number of carbonyl (C=O) groups is 2. The lowest BCUT2D eigenvalue weighted by Gasteiger charge is -2.47. The van der Waals surface area contributed by atoms with Crippen LogP contribution in [0.2, 0.25) is 0 Å². The molecule has 0 saturated carbocycles. The Morgan fingerprint density at radius 2 is 1.71 bits per heavy atom. The Kier molecular flexibility index (Phi) is 7.77. The molecule has 4 N–H and O–H groups in total. The maximum absolute atomic E-state index is 11.7. The molecule has 4 unspecified atom stereocenters. The predicted octanol–water partition coefficient (Wildman–Crippen LogP) is -0.539. The summed E-state index contributed by atoms with van der Waals surface area (Å²) in [5, 5.41) is 33.3. The molecule has 2 fully saturated rings. The minimum atomic E-state index is -1.49. The average molecular weight is 405 g/mol. The lowest BCUT2D eigenvalue weighted by Crippen LogP contribution is -2.64. The first-order valence-corrected chi connectivity index (χ1v) is 9.47. The second-order valence-electron chi connectivity index (χ2n) is 7.48. The molecule has 0 aromatic rings. The normalized spacial score (nSPS) is 44.1. The van der Waals surface area contributed by atoms with Crippen LogP contribution in [0.3, 0.4) is 0 Å². The fourth-order valence-corrected chi connectivity index (χ4v) is 3.79. The largest absolute Gasteiger partial charge is 0.479 e. The summed E-state index contributed by atoms with van der Waals surface area (Å²) < 4.78 is 22.3. The maximum atomic E-state index is 11.7. The Hall–Kier alpha value is -1.30. The molecule has 0 aliphatic carbocycles. The van der Waals surface area contributed by atoms with Crippen LogP contribution in [0.25, 0.3) is 0 Å². The second kappa shape index (κ2) is 9.47. The van der Waals surface area contributed by atoms with E-state index in [0.29, 0.717) is 6.42 Å². The minimum Gasteiger partial charge on any atom is -0.479 e. The average Bonchev–Trinajstić information content (AvgIpc) is 2.64. The summed E-state index contributed by atoms with van der Waals surface area (Å²) in [4.78, 5) is 23.3. The van der Waals surface area contributed by atoms with Crippen LogP contribution in [0.4, 0.5) is 0 Å². The van der Waals surface area contributed by atoms with E-state index in [-0.39, 0.29) is 5.91 Å². The number of carboxylic acid groups (broad SMARTS) is 1. The van der Waals surface area contributed by atoms with Gasteiger partial charge in [-0.3, -0.25) is 4.79 Å². The van der Waals surface area contributed by atoms with Gasteiger partial charge in [0.1, 0.15) is 6.10 Å². The number of hydrogen-bond donors (Lipinski definition) is 4. The highest BCUT2D eigenvalue weighted by atomic mass is 16.7. The lowest BCUT2D eigenvalue weighted by atomic mass is 9.87. The van der Waals surface area contributed by atoms with E-state index in [1.54, 1.807) is 13.8 Å². The van der Waals surface area contributed by atoms with Gasteiger partial charge in [0, 0.05) is 25.9 Å². The number of hydrogen-bond acceptors (Lipinski definition) is 8. The Morgan fingerprint density at radius 1 is 1.07 bits per heavy atom. The monoisotopic (exact) mass is 405 g/mol. The Bertz CT molecular complexity index is 559. The molecule has 0 spiro atoms. The van der Waals surface area contributed by atoms with Gasteiger partial charge in [0.25, 0.3) is 0 Å². The molecule has 2 heterocycles. The maximum Gasteiger partial charge on any atom is 0.335 e. The Labute approximate surface area is 164 Å². The quantitative estimate of drug-likeness (QED) is 0.458. The highest BCUT2D eigenvalue weighted by Gasteiger charge is 2.51. The summed E-state index contributed by atoms with van der Waals surface area (Å²) in [6.45, 7) is 6.56. The van der Waals surface area contributed by atoms with E-state index < -0.39 is 66.9 Å². The molecule has 2 saturated heterocycles. The van der Waals surface area contributed by atoms with Crippen molar-refractivity contribution < 1.29 is 43.9 Å². The molecule has 162 valence electrons. The van der Waals surface area contributed by atoms with Crippen LogP contribution in [0.5, 0.6) is 0 Å². The zero-order valence-electron chi connectivity index (χ0n) is 16.8. The molecular formula is C18H31NO9. The van der Waals surface area contributed by atoms with Gasteiger partial charge >= 0.3 is 5.97 Å². The molecule has 10 nitrogen and oxygen atoms in total. The van der Waals surface area contributed by atoms with Crippen molar-refractivity contribution in [3.8, 4) is 0 Å². The van der Waals surface area contributed by atoms with Crippen molar-refractivity contribution in [1.82, 2.24) is 5.32 Å². The number of carbonyl (C=O) groups excluding carboxylic acids is 1. The smallest absolute Gasteiger partial charge is 0.335 e. The molecule has 28 heavy (non-hydrogen) atoms. The van der Waals surface area contributed by atoms with Crippen molar-refractivity contribution in [3.63, 3.8) is 0 Å². The topological polar surface area (TPSA) is 144 Å². The zero-order chi connectivity index (χ0) is 21.2. The van der Waals surface area contributed by atoms with Gasteiger partial charge in [-0.2, -0.15) is 0 Å². The van der Waals surface area contributed by atoms with E-state index in [4.69, 9.17) is 18.9 Å². The van der Waals surface area contributed by atoms with Crippen molar-refractivity contribution >= 4 is 11.9 Å². The van der Waals surface area contributed by atoms with Crippen molar-refractivity contribution in [2.45, 2.75) is 83.3 Å². The molecule has 0 bridgehead atoms. The third kappa shape index (κ3) is 4.64. The van der Waals surface area contributed by atoms with Crippen molar-refractivity contribution in [3.05, 3.63) is 0 Å². The second-order valence-corrected chi connectivity index (χ2v) is 7.48. The van der Waals surface area contributed by atoms with E-state index in [1.807, 2.05) is 6.92 Å². The van der Waals surface area contributed by atoms with Crippen molar-refractivity contribution in [1.29, 1.82) is 0 Å². The van der Waals surface area contributed by atoms with Crippen LogP contribution < -0.4 is 5.32 Å². The molecule has 10 atom stereocenters. The van der Waals surface area contributed by atoms with E-state index in [9.17, 15) is 24.9 Å². The third-order valence-electron chi connectivity index (χ3n) is 5.51. The predicted molar refractivity (Wildman–Crippen MR) is 95.1 cm³/mol.